The maximum Gasteiger partial charge on any atom is 0.301 e. The Kier molecular flexibility index (Phi) is 4.83. The van der Waals surface area contributed by atoms with Gasteiger partial charge < -0.3 is 5.73 Å². The number of benzene rings is 1. The fourth-order valence-corrected chi connectivity index (χ4v) is 3.64. The Morgan fingerprint density at radius 2 is 1.84 bits per heavy atom. The molecule has 1 aromatic carbocycles. The average Bonchev–Trinajstić information content (AvgIpc) is 2.41. The second kappa shape index (κ2) is 6.21. The van der Waals surface area contributed by atoms with E-state index in [0.29, 0.717) is 31.2 Å². The molecule has 1 fully saturated rings. The first-order chi connectivity index (χ1) is 9.01. The van der Waals surface area contributed by atoms with E-state index in [-0.39, 0.29) is 0 Å². The Balaban J connectivity index is 2.01. The van der Waals surface area contributed by atoms with Crippen LogP contribution in [0, 0.1) is 5.92 Å². The van der Waals surface area contributed by atoms with Gasteiger partial charge in [0.25, 0.3) is 0 Å². The largest absolute Gasteiger partial charge is 0.330 e. The molecule has 19 heavy (non-hydrogen) atoms. The number of hydrogen-bond acceptors (Lipinski definition) is 3. The third kappa shape index (κ3) is 3.92. The van der Waals surface area contributed by atoms with Gasteiger partial charge in [0.2, 0.25) is 0 Å². The van der Waals surface area contributed by atoms with Gasteiger partial charge in [0.1, 0.15) is 0 Å². The zero-order valence-electron chi connectivity index (χ0n) is 10.5. The van der Waals surface area contributed by atoms with Gasteiger partial charge in [-0.05, 0) is 49.6 Å². The van der Waals surface area contributed by atoms with Crippen LogP contribution >= 0.6 is 15.9 Å². The number of piperidine rings is 1. The van der Waals surface area contributed by atoms with Gasteiger partial charge in [-0.2, -0.15) is 12.7 Å². The molecule has 5 nitrogen and oxygen atoms in total. The zero-order chi connectivity index (χ0) is 13.9. The maximum atomic E-state index is 12.2. The molecule has 0 radical (unpaired) electrons. The predicted octanol–water partition coefficient (Wildman–Crippen LogP) is 1.78. The smallest absolute Gasteiger partial charge is 0.301 e. The van der Waals surface area contributed by atoms with Crippen LogP contribution in [0.2, 0.25) is 0 Å². The fourth-order valence-electron chi connectivity index (χ4n) is 2.12. The highest BCUT2D eigenvalue weighted by Gasteiger charge is 2.27. The Hall–Kier alpha value is -0.630. The molecular formula is C12H18BrN3O2S. The summed E-state index contributed by atoms with van der Waals surface area (Å²) in [6, 6.07) is 7.07. The molecule has 0 aromatic heterocycles. The van der Waals surface area contributed by atoms with Crippen molar-refractivity contribution in [1.29, 1.82) is 0 Å². The summed E-state index contributed by atoms with van der Waals surface area (Å²) in [6.07, 6.45) is 1.66. The van der Waals surface area contributed by atoms with E-state index in [1.807, 2.05) is 0 Å². The highest BCUT2D eigenvalue weighted by Crippen LogP contribution is 2.21. The van der Waals surface area contributed by atoms with Crippen LogP contribution in [0.15, 0.2) is 28.7 Å². The summed E-state index contributed by atoms with van der Waals surface area (Å²) in [5, 5.41) is 0. The van der Waals surface area contributed by atoms with Crippen molar-refractivity contribution in [1.82, 2.24) is 4.31 Å². The van der Waals surface area contributed by atoms with Gasteiger partial charge in [0.05, 0.1) is 0 Å². The van der Waals surface area contributed by atoms with Crippen LogP contribution < -0.4 is 10.5 Å². The van der Waals surface area contributed by atoms with Crippen LogP contribution in [-0.4, -0.2) is 32.4 Å². The van der Waals surface area contributed by atoms with Gasteiger partial charge in [0.15, 0.2) is 0 Å². The first-order valence-electron chi connectivity index (χ1n) is 6.25. The van der Waals surface area contributed by atoms with Crippen molar-refractivity contribution in [2.75, 3.05) is 24.4 Å². The lowest BCUT2D eigenvalue weighted by Gasteiger charge is -2.30. The van der Waals surface area contributed by atoms with E-state index < -0.39 is 10.2 Å². The molecule has 0 amide bonds. The Labute approximate surface area is 122 Å². The van der Waals surface area contributed by atoms with Crippen LogP contribution in [0.4, 0.5) is 5.69 Å². The third-order valence-electron chi connectivity index (χ3n) is 3.34. The summed E-state index contributed by atoms with van der Waals surface area (Å²) >= 11 is 3.32. The topological polar surface area (TPSA) is 75.4 Å². The molecule has 1 saturated heterocycles. The number of nitrogens with two attached hydrogens (primary N) is 1. The molecule has 0 saturated carbocycles. The molecule has 1 heterocycles. The van der Waals surface area contributed by atoms with Gasteiger partial charge >= 0.3 is 10.2 Å². The third-order valence-corrected chi connectivity index (χ3v) is 5.41. The first-order valence-corrected chi connectivity index (χ1v) is 8.48. The molecular weight excluding hydrogens is 330 g/mol. The highest BCUT2D eigenvalue weighted by atomic mass is 79.9. The summed E-state index contributed by atoms with van der Waals surface area (Å²) in [5.41, 5.74) is 6.18. The minimum Gasteiger partial charge on any atom is -0.330 e. The zero-order valence-corrected chi connectivity index (χ0v) is 13.0. The van der Waals surface area contributed by atoms with Crippen molar-refractivity contribution >= 4 is 31.8 Å². The monoisotopic (exact) mass is 347 g/mol. The second-order valence-corrected chi connectivity index (χ2v) is 7.28. The van der Waals surface area contributed by atoms with Crippen LogP contribution in [0.1, 0.15) is 12.8 Å². The van der Waals surface area contributed by atoms with Crippen LogP contribution in [0.25, 0.3) is 0 Å². The Morgan fingerprint density at radius 3 is 2.37 bits per heavy atom. The summed E-state index contributed by atoms with van der Waals surface area (Å²) < 4.78 is 29.4. The highest BCUT2D eigenvalue weighted by molar-refractivity contribution is 9.10. The van der Waals surface area contributed by atoms with Gasteiger partial charge in [-0.1, -0.05) is 15.9 Å². The maximum absolute atomic E-state index is 12.2. The molecule has 1 aromatic rings. The van der Waals surface area contributed by atoms with Gasteiger partial charge in [-0.3, -0.25) is 4.72 Å². The standard InChI is InChI=1S/C12H18BrN3O2S/c13-11-1-3-12(4-2-11)15-19(17,18)16-7-5-10(9-14)6-8-16/h1-4,10,15H,5-9,14H2. The molecule has 0 bridgehead atoms. The van der Waals surface area contributed by atoms with E-state index in [1.54, 1.807) is 24.3 Å². The fraction of sp³-hybridized carbons (Fsp3) is 0.500. The quantitative estimate of drug-likeness (QED) is 0.871. The van der Waals surface area contributed by atoms with E-state index >= 15 is 0 Å². The summed E-state index contributed by atoms with van der Waals surface area (Å²) in [4.78, 5) is 0. The molecule has 2 rings (SSSR count). The molecule has 0 spiro atoms. The molecule has 0 aliphatic carbocycles. The van der Waals surface area contributed by atoms with Gasteiger partial charge in [-0.25, -0.2) is 0 Å². The molecule has 0 atom stereocenters. The van der Waals surface area contributed by atoms with Crippen molar-refractivity contribution in [3.63, 3.8) is 0 Å². The number of halogens is 1. The van der Waals surface area contributed by atoms with E-state index in [9.17, 15) is 8.42 Å². The molecule has 3 N–H and O–H groups in total. The lowest BCUT2D eigenvalue weighted by atomic mass is 9.99. The SMILES string of the molecule is NCC1CCN(S(=O)(=O)Nc2ccc(Br)cc2)CC1. The molecule has 7 heteroatoms. The van der Waals surface area contributed by atoms with Crippen molar-refractivity contribution in [2.45, 2.75) is 12.8 Å². The average molecular weight is 348 g/mol. The summed E-state index contributed by atoms with van der Waals surface area (Å²) in [6.45, 7) is 1.70. The number of nitrogens with zero attached hydrogens (tertiary/aromatic N) is 1. The van der Waals surface area contributed by atoms with Crippen molar-refractivity contribution in [2.24, 2.45) is 11.7 Å². The Morgan fingerprint density at radius 1 is 1.26 bits per heavy atom. The number of hydrogen-bond donors (Lipinski definition) is 2. The van der Waals surface area contributed by atoms with Gasteiger partial charge in [0, 0.05) is 23.2 Å². The van der Waals surface area contributed by atoms with Crippen molar-refractivity contribution < 1.29 is 8.42 Å². The second-order valence-electron chi connectivity index (χ2n) is 4.69. The number of nitrogens with one attached hydrogen (secondary N) is 1. The van der Waals surface area contributed by atoms with Gasteiger partial charge in [-0.15, -0.1) is 0 Å². The normalized spacial score (nSPS) is 18.4. The molecule has 1 aliphatic rings. The summed E-state index contributed by atoms with van der Waals surface area (Å²) in [5.74, 6) is 0.444. The number of anilines is 1. The minimum absolute atomic E-state index is 0.444. The minimum atomic E-state index is -3.45. The van der Waals surface area contributed by atoms with E-state index in [0.717, 1.165) is 17.3 Å². The van der Waals surface area contributed by atoms with Crippen molar-refractivity contribution in [3.05, 3.63) is 28.7 Å². The molecule has 0 unspecified atom stereocenters. The molecule has 106 valence electrons. The lowest BCUT2D eigenvalue weighted by Crippen LogP contribution is -2.42. The van der Waals surface area contributed by atoms with Crippen LogP contribution in [0.5, 0.6) is 0 Å². The number of rotatable bonds is 4. The Bertz CT molecular complexity index is 510. The molecule has 1 aliphatic heterocycles. The van der Waals surface area contributed by atoms with Crippen LogP contribution in [-0.2, 0) is 10.2 Å². The summed E-state index contributed by atoms with van der Waals surface area (Å²) in [7, 11) is -3.45. The van der Waals surface area contributed by atoms with E-state index in [4.69, 9.17) is 5.73 Å². The lowest BCUT2D eigenvalue weighted by molar-refractivity contribution is 0.280. The van der Waals surface area contributed by atoms with Crippen LogP contribution in [0.3, 0.4) is 0 Å². The predicted molar refractivity (Wildman–Crippen MR) is 80.0 cm³/mol. The van der Waals surface area contributed by atoms with Crippen molar-refractivity contribution in [3.8, 4) is 0 Å². The van der Waals surface area contributed by atoms with E-state index in [1.165, 1.54) is 4.31 Å². The van der Waals surface area contributed by atoms with E-state index in [2.05, 4.69) is 20.7 Å². The first kappa shape index (κ1) is 14.8.